The first-order chi connectivity index (χ1) is 12.3. The van der Waals surface area contributed by atoms with Gasteiger partial charge in [-0.1, -0.05) is 68.7 Å². The molecule has 0 aliphatic heterocycles. The first-order valence-corrected chi connectivity index (χ1v) is 10.1. The van der Waals surface area contributed by atoms with Crippen LogP contribution in [0.15, 0.2) is 48.6 Å². The highest BCUT2D eigenvalue weighted by atomic mass is 14.2. The van der Waals surface area contributed by atoms with Gasteiger partial charge in [0.2, 0.25) is 0 Å². The molecular formula is C24H33N. The van der Waals surface area contributed by atoms with Crippen molar-refractivity contribution >= 4 is 0 Å². The molecule has 25 heavy (non-hydrogen) atoms. The molecule has 1 aromatic carbocycles. The van der Waals surface area contributed by atoms with Crippen molar-refractivity contribution in [1.82, 2.24) is 0 Å². The summed E-state index contributed by atoms with van der Waals surface area (Å²) in [5.74, 6) is 1.66. The van der Waals surface area contributed by atoms with Crippen molar-refractivity contribution in [2.45, 2.75) is 71.1 Å². The molecule has 1 nitrogen and oxygen atoms in total. The molecule has 0 unspecified atom stereocenters. The van der Waals surface area contributed by atoms with Gasteiger partial charge in [-0.2, -0.15) is 5.26 Å². The van der Waals surface area contributed by atoms with Crippen LogP contribution in [0.5, 0.6) is 0 Å². The minimum absolute atomic E-state index is 0.723. The maximum Gasteiger partial charge on any atom is 0.0912 e. The third kappa shape index (κ3) is 7.74. The molecule has 0 spiro atoms. The fraction of sp³-hybridized carbons (Fsp3) is 0.542. The lowest BCUT2D eigenvalue weighted by Gasteiger charge is -2.26. The molecule has 0 atom stereocenters. The van der Waals surface area contributed by atoms with E-state index in [1.807, 2.05) is 18.2 Å². The van der Waals surface area contributed by atoms with Gasteiger partial charge in [0.15, 0.2) is 0 Å². The van der Waals surface area contributed by atoms with Gasteiger partial charge in [0.1, 0.15) is 0 Å². The summed E-state index contributed by atoms with van der Waals surface area (Å²) in [4.78, 5) is 0. The van der Waals surface area contributed by atoms with Crippen LogP contribution in [0.25, 0.3) is 0 Å². The third-order valence-corrected chi connectivity index (χ3v) is 5.45. The Morgan fingerprint density at radius 3 is 2.28 bits per heavy atom. The van der Waals surface area contributed by atoms with E-state index in [2.05, 4.69) is 37.3 Å². The number of nitriles is 1. The zero-order valence-corrected chi connectivity index (χ0v) is 15.8. The Kier molecular flexibility index (Phi) is 9.13. The average molecular weight is 336 g/mol. The summed E-state index contributed by atoms with van der Waals surface area (Å²) in [7, 11) is 0. The lowest BCUT2D eigenvalue weighted by Crippen LogP contribution is -2.13. The van der Waals surface area contributed by atoms with Crippen LogP contribution < -0.4 is 0 Å². The monoisotopic (exact) mass is 335 g/mol. The number of nitrogens with zero attached hydrogens (tertiary/aromatic N) is 1. The van der Waals surface area contributed by atoms with E-state index >= 15 is 0 Å². The van der Waals surface area contributed by atoms with Gasteiger partial charge in [-0.05, 0) is 67.9 Å². The van der Waals surface area contributed by atoms with Gasteiger partial charge in [0.25, 0.3) is 0 Å². The van der Waals surface area contributed by atoms with E-state index in [1.165, 1.54) is 75.3 Å². The van der Waals surface area contributed by atoms with Crippen molar-refractivity contribution < 1.29 is 0 Å². The second-order valence-corrected chi connectivity index (χ2v) is 7.47. The zero-order chi connectivity index (χ0) is 17.7. The summed E-state index contributed by atoms with van der Waals surface area (Å²) in [6.45, 7) is 2.24. The van der Waals surface area contributed by atoms with Crippen molar-refractivity contribution in [3.63, 3.8) is 0 Å². The molecule has 0 N–H and O–H groups in total. The number of unbranched alkanes of at least 4 members (excludes halogenated alkanes) is 1. The number of hydrogen-bond donors (Lipinski definition) is 0. The molecule has 0 heterocycles. The van der Waals surface area contributed by atoms with E-state index < -0.39 is 0 Å². The SMILES string of the molecule is CCCc1ccc(CCCC[C@H]2CC[C@H](C=CC=CC#N)CC2)cc1. The maximum absolute atomic E-state index is 8.48. The Morgan fingerprint density at radius 1 is 0.960 bits per heavy atom. The summed E-state index contributed by atoms with van der Waals surface area (Å²) in [6, 6.07) is 11.3. The van der Waals surface area contributed by atoms with Gasteiger partial charge in [0, 0.05) is 6.08 Å². The Balaban J connectivity index is 1.58. The molecule has 0 radical (unpaired) electrons. The number of hydrogen-bond acceptors (Lipinski definition) is 1. The molecule has 1 fully saturated rings. The maximum atomic E-state index is 8.48. The fourth-order valence-corrected chi connectivity index (χ4v) is 3.91. The fourth-order valence-electron chi connectivity index (χ4n) is 3.91. The normalized spacial score (nSPS) is 21.0. The number of aryl methyl sites for hydroxylation is 2. The Bertz CT molecular complexity index is 565. The van der Waals surface area contributed by atoms with Gasteiger partial charge < -0.3 is 0 Å². The second-order valence-electron chi connectivity index (χ2n) is 7.47. The standard InChI is InChI=1S/C24H33N/c1-2-8-21-12-14-23(15-13-21)10-5-6-11-24-18-16-22(17-19-24)9-4-3-7-20-25/h3-4,7,9,12-15,22,24H,2,5-6,8,10-11,16-19H2,1H3/t22-,24-. The van der Waals surface area contributed by atoms with Crippen LogP contribution >= 0.6 is 0 Å². The van der Waals surface area contributed by atoms with E-state index in [0.29, 0.717) is 0 Å². The molecule has 0 aromatic heterocycles. The van der Waals surface area contributed by atoms with Crippen molar-refractivity contribution in [2.75, 3.05) is 0 Å². The highest BCUT2D eigenvalue weighted by Gasteiger charge is 2.18. The second kappa shape index (κ2) is 11.7. The van der Waals surface area contributed by atoms with Crippen LogP contribution in [-0.4, -0.2) is 0 Å². The van der Waals surface area contributed by atoms with Crippen LogP contribution in [0.2, 0.25) is 0 Å². The lowest BCUT2D eigenvalue weighted by atomic mass is 9.79. The Morgan fingerprint density at radius 2 is 1.64 bits per heavy atom. The number of rotatable bonds is 9. The van der Waals surface area contributed by atoms with Gasteiger partial charge in [0.05, 0.1) is 6.07 Å². The Labute approximate surface area is 154 Å². The van der Waals surface area contributed by atoms with Gasteiger partial charge >= 0.3 is 0 Å². The molecule has 1 heteroatoms. The first-order valence-electron chi connectivity index (χ1n) is 10.1. The molecule has 0 saturated heterocycles. The topological polar surface area (TPSA) is 23.8 Å². The highest BCUT2D eigenvalue weighted by Crippen LogP contribution is 2.32. The predicted molar refractivity (Wildman–Crippen MR) is 107 cm³/mol. The molecule has 0 amide bonds. The van der Waals surface area contributed by atoms with Crippen molar-refractivity contribution in [3.05, 3.63) is 59.7 Å². The Hall–Kier alpha value is -1.81. The van der Waals surface area contributed by atoms with Gasteiger partial charge in [-0.15, -0.1) is 0 Å². The van der Waals surface area contributed by atoms with Crippen LogP contribution in [0, 0.1) is 23.2 Å². The lowest BCUT2D eigenvalue weighted by molar-refractivity contribution is 0.289. The van der Waals surface area contributed by atoms with Crippen molar-refractivity contribution in [1.29, 1.82) is 5.26 Å². The summed E-state index contributed by atoms with van der Waals surface area (Å²) >= 11 is 0. The number of benzene rings is 1. The number of allylic oxidation sites excluding steroid dienone is 4. The quantitative estimate of drug-likeness (QED) is 0.277. The molecule has 2 rings (SSSR count). The molecule has 134 valence electrons. The van der Waals surface area contributed by atoms with Gasteiger partial charge in [-0.25, -0.2) is 0 Å². The predicted octanol–water partition coefficient (Wildman–Crippen LogP) is 6.79. The van der Waals surface area contributed by atoms with Gasteiger partial charge in [-0.3, -0.25) is 0 Å². The van der Waals surface area contributed by atoms with Crippen LogP contribution in [-0.2, 0) is 12.8 Å². The molecular weight excluding hydrogens is 302 g/mol. The molecule has 1 aromatic rings. The summed E-state index contributed by atoms with van der Waals surface area (Å²) in [6.07, 6.45) is 20.9. The average Bonchev–Trinajstić information content (AvgIpc) is 2.65. The molecule has 1 saturated carbocycles. The summed E-state index contributed by atoms with van der Waals surface area (Å²) in [5.41, 5.74) is 2.97. The molecule has 1 aliphatic rings. The molecule has 0 bridgehead atoms. The highest BCUT2D eigenvalue weighted by molar-refractivity contribution is 5.22. The van der Waals surface area contributed by atoms with E-state index in [1.54, 1.807) is 6.08 Å². The largest absolute Gasteiger partial charge is 0.193 e. The van der Waals surface area contributed by atoms with Crippen molar-refractivity contribution in [3.8, 4) is 6.07 Å². The first kappa shape index (κ1) is 19.5. The smallest absolute Gasteiger partial charge is 0.0912 e. The van der Waals surface area contributed by atoms with Crippen LogP contribution in [0.4, 0.5) is 0 Å². The van der Waals surface area contributed by atoms with E-state index in [4.69, 9.17) is 5.26 Å². The summed E-state index contributed by atoms with van der Waals surface area (Å²) in [5, 5.41) is 8.48. The summed E-state index contributed by atoms with van der Waals surface area (Å²) < 4.78 is 0. The third-order valence-electron chi connectivity index (χ3n) is 5.45. The van der Waals surface area contributed by atoms with E-state index in [-0.39, 0.29) is 0 Å². The van der Waals surface area contributed by atoms with Crippen LogP contribution in [0.3, 0.4) is 0 Å². The zero-order valence-electron chi connectivity index (χ0n) is 15.8. The minimum Gasteiger partial charge on any atom is -0.193 e. The van der Waals surface area contributed by atoms with E-state index in [0.717, 1.165) is 11.8 Å². The van der Waals surface area contributed by atoms with Crippen LogP contribution in [0.1, 0.15) is 69.4 Å². The van der Waals surface area contributed by atoms with E-state index in [9.17, 15) is 0 Å². The molecule has 1 aliphatic carbocycles. The van der Waals surface area contributed by atoms with Crippen molar-refractivity contribution in [2.24, 2.45) is 11.8 Å². The minimum atomic E-state index is 0.723.